The van der Waals surface area contributed by atoms with E-state index in [9.17, 15) is 4.79 Å². The predicted molar refractivity (Wildman–Crippen MR) is 119 cm³/mol. The summed E-state index contributed by atoms with van der Waals surface area (Å²) >= 11 is 0. The first-order chi connectivity index (χ1) is 14.5. The molecule has 0 amide bonds. The van der Waals surface area contributed by atoms with Gasteiger partial charge < -0.3 is 4.74 Å². The third-order valence-electron chi connectivity index (χ3n) is 8.25. The van der Waals surface area contributed by atoms with Crippen molar-refractivity contribution < 1.29 is 9.53 Å². The molecule has 2 aliphatic heterocycles. The fourth-order valence-corrected chi connectivity index (χ4v) is 6.51. The van der Waals surface area contributed by atoms with Crippen molar-refractivity contribution in [3.8, 4) is 0 Å². The number of nitrogens with zero attached hydrogens (tertiary/aromatic N) is 2. The number of piperazine rings is 1. The van der Waals surface area contributed by atoms with Crippen LogP contribution in [0, 0.1) is 23.2 Å². The lowest BCUT2D eigenvalue weighted by Crippen LogP contribution is -2.48. The zero-order valence-corrected chi connectivity index (χ0v) is 18.6. The Morgan fingerprint density at radius 1 is 1.10 bits per heavy atom. The molecular weight excluding hydrogens is 372 g/mol. The molecule has 1 aromatic carbocycles. The molecule has 0 N–H and O–H groups in total. The summed E-state index contributed by atoms with van der Waals surface area (Å²) in [6, 6.07) is 10.7. The smallest absolute Gasteiger partial charge is 0.311 e. The van der Waals surface area contributed by atoms with Crippen LogP contribution in [0.5, 0.6) is 0 Å². The van der Waals surface area contributed by atoms with Crippen molar-refractivity contribution in [2.45, 2.75) is 52.2 Å². The lowest BCUT2D eigenvalue weighted by atomic mass is 9.59. The normalized spacial score (nSPS) is 37.3. The summed E-state index contributed by atoms with van der Waals surface area (Å²) in [5.41, 5.74) is 3.24. The molecule has 0 spiro atoms. The van der Waals surface area contributed by atoms with Gasteiger partial charge in [-0.15, -0.1) is 0 Å². The minimum absolute atomic E-state index is 0.0156. The number of hydrogen-bond acceptors (Lipinski definition) is 4. The highest BCUT2D eigenvalue weighted by Crippen LogP contribution is 2.54. The Hall–Kier alpha value is -1.65. The fraction of sp³-hybridized carbons (Fsp3) is 0.654. The topological polar surface area (TPSA) is 32.8 Å². The SMILES string of the molecule is C[C@H]1CCC[C@]2(C)C[C@H]3OC(=O)[C@H](CN4CCN(Cc5ccccc5)CC4)[C@H]3C=C12. The third kappa shape index (κ3) is 3.85. The molecule has 5 atom stereocenters. The van der Waals surface area contributed by atoms with Crippen LogP contribution in [0.25, 0.3) is 0 Å². The van der Waals surface area contributed by atoms with E-state index in [-0.39, 0.29) is 29.3 Å². The van der Waals surface area contributed by atoms with E-state index in [1.165, 1.54) is 24.8 Å². The van der Waals surface area contributed by atoms with E-state index in [1.54, 1.807) is 5.57 Å². The Labute approximate surface area is 181 Å². The maximum absolute atomic E-state index is 12.8. The van der Waals surface area contributed by atoms with E-state index >= 15 is 0 Å². The van der Waals surface area contributed by atoms with Gasteiger partial charge in [-0.25, -0.2) is 0 Å². The van der Waals surface area contributed by atoms with Crippen LogP contribution in [0.2, 0.25) is 0 Å². The first-order valence-corrected chi connectivity index (χ1v) is 11.9. The Kier molecular flexibility index (Phi) is 5.49. The Bertz CT molecular complexity index is 799. The van der Waals surface area contributed by atoms with Crippen LogP contribution in [-0.4, -0.2) is 54.6 Å². The number of benzene rings is 1. The van der Waals surface area contributed by atoms with Gasteiger partial charge in [0.15, 0.2) is 0 Å². The molecule has 5 rings (SSSR count). The molecule has 3 fully saturated rings. The van der Waals surface area contributed by atoms with E-state index in [0.717, 1.165) is 45.7 Å². The fourth-order valence-electron chi connectivity index (χ4n) is 6.51. The monoisotopic (exact) mass is 408 g/mol. The van der Waals surface area contributed by atoms with Gasteiger partial charge in [0.1, 0.15) is 6.10 Å². The number of allylic oxidation sites excluding steroid dienone is 1. The largest absolute Gasteiger partial charge is 0.461 e. The van der Waals surface area contributed by atoms with Crippen molar-refractivity contribution in [2.24, 2.45) is 23.2 Å². The van der Waals surface area contributed by atoms with Gasteiger partial charge in [0.25, 0.3) is 0 Å². The molecular formula is C26H36N2O2. The lowest BCUT2D eigenvalue weighted by molar-refractivity contribution is -0.145. The van der Waals surface area contributed by atoms with E-state index in [0.29, 0.717) is 5.92 Å². The van der Waals surface area contributed by atoms with Gasteiger partial charge in [-0.2, -0.15) is 0 Å². The number of rotatable bonds is 4. The summed E-state index contributed by atoms with van der Waals surface area (Å²) in [6.07, 6.45) is 7.46. The standard InChI is InChI=1S/C26H36N2O2/c1-19-7-6-10-26(2)16-24-21(15-23(19)26)22(25(29)30-24)18-28-13-11-27(12-14-28)17-20-8-4-3-5-9-20/h3-5,8-9,15,19,21-22,24H,6-7,10-14,16-18H2,1-2H3/t19-,21+,22+,24+,26+/m0/s1. The van der Waals surface area contributed by atoms with Gasteiger partial charge >= 0.3 is 5.97 Å². The van der Waals surface area contributed by atoms with E-state index in [2.05, 4.69) is 60.1 Å². The van der Waals surface area contributed by atoms with Gasteiger partial charge in [0.2, 0.25) is 0 Å². The summed E-state index contributed by atoms with van der Waals surface area (Å²) in [7, 11) is 0. The van der Waals surface area contributed by atoms with Crippen LogP contribution in [0.1, 0.15) is 45.1 Å². The minimum atomic E-state index is 0.0156. The molecule has 1 aromatic rings. The van der Waals surface area contributed by atoms with Crippen molar-refractivity contribution in [3.05, 3.63) is 47.5 Å². The van der Waals surface area contributed by atoms with Crippen LogP contribution in [0.4, 0.5) is 0 Å². The molecule has 30 heavy (non-hydrogen) atoms. The zero-order chi connectivity index (χ0) is 20.7. The Morgan fingerprint density at radius 2 is 1.83 bits per heavy atom. The second-order valence-electron chi connectivity index (χ2n) is 10.4. The average Bonchev–Trinajstić information content (AvgIpc) is 3.02. The van der Waals surface area contributed by atoms with Crippen molar-refractivity contribution in [3.63, 3.8) is 0 Å². The van der Waals surface area contributed by atoms with Crippen molar-refractivity contribution >= 4 is 5.97 Å². The van der Waals surface area contributed by atoms with Crippen LogP contribution in [0.15, 0.2) is 42.0 Å². The summed E-state index contributed by atoms with van der Waals surface area (Å²) in [4.78, 5) is 17.8. The first kappa shape index (κ1) is 20.3. The van der Waals surface area contributed by atoms with Crippen molar-refractivity contribution in [2.75, 3.05) is 32.7 Å². The zero-order valence-electron chi connectivity index (χ0n) is 18.6. The van der Waals surface area contributed by atoms with Gasteiger partial charge in [-0.05, 0) is 36.2 Å². The van der Waals surface area contributed by atoms with Gasteiger partial charge in [-0.3, -0.25) is 14.6 Å². The number of ether oxygens (including phenoxy) is 1. The molecule has 4 heteroatoms. The van der Waals surface area contributed by atoms with Gasteiger partial charge in [-0.1, -0.05) is 62.2 Å². The second-order valence-corrected chi connectivity index (χ2v) is 10.4. The van der Waals surface area contributed by atoms with Gasteiger partial charge in [0, 0.05) is 45.2 Å². The van der Waals surface area contributed by atoms with Crippen LogP contribution in [-0.2, 0) is 16.1 Å². The van der Waals surface area contributed by atoms with Crippen molar-refractivity contribution in [1.29, 1.82) is 0 Å². The Balaban J connectivity index is 1.22. The number of esters is 1. The maximum Gasteiger partial charge on any atom is 0.311 e. The molecule has 2 saturated heterocycles. The third-order valence-corrected chi connectivity index (χ3v) is 8.25. The lowest BCUT2D eigenvalue weighted by Gasteiger charge is -2.46. The summed E-state index contributed by atoms with van der Waals surface area (Å²) in [6.45, 7) is 10.9. The molecule has 4 nitrogen and oxygen atoms in total. The van der Waals surface area contributed by atoms with Crippen LogP contribution < -0.4 is 0 Å². The highest BCUT2D eigenvalue weighted by Gasteiger charge is 2.52. The second kappa shape index (κ2) is 8.12. The predicted octanol–water partition coefficient (Wildman–Crippen LogP) is 4.12. The molecule has 2 heterocycles. The first-order valence-electron chi connectivity index (χ1n) is 11.9. The minimum Gasteiger partial charge on any atom is -0.461 e. The quantitative estimate of drug-likeness (QED) is 0.554. The number of fused-ring (bicyclic) bond motifs is 2. The average molecular weight is 409 g/mol. The highest BCUT2D eigenvalue weighted by molar-refractivity contribution is 5.76. The van der Waals surface area contributed by atoms with Crippen LogP contribution in [0.3, 0.4) is 0 Å². The molecule has 0 bridgehead atoms. The summed E-state index contributed by atoms with van der Waals surface area (Å²) in [5, 5.41) is 0. The number of hydrogen-bond donors (Lipinski definition) is 0. The molecule has 0 unspecified atom stereocenters. The molecule has 0 aromatic heterocycles. The number of carbonyl (C=O) groups is 1. The molecule has 1 saturated carbocycles. The number of carbonyl (C=O) groups excluding carboxylic acids is 1. The maximum atomic E-state index is 12.8. The summed E-state index contributed by atoms with van der Waals surface area (Å²) in [5.74, 6) is 0.997. The molecule has 0 radical (unpaired) electrons. The summed E-state index contributed by atoms with van der Waals surface area (Å²) < 4.78 is 5.95. The Morgan fingerprint density at radius 3 is 2.60 bits per heavy atom. The van der Waals surface area contributed by atoms with Crippen LogP contribution >= 0.6 is 0 Å². The van der Waals surface area contributed by atoms with Crippen molar-refractivity contribution in [1.82, 2.24) is 9.80 Å². The van der Waals surface area contributed by atoms with E-state index in [1.807, 2.05) is 0 Å². The highest BCUT2D eigenvalue weighted by atomic mass is 16.6. The molecule has 4 aliphatic rings. The van der Waals surface area contributed by atoms with E-state index in [4.69, 9.17) is 4.74 Å². The van der Waals surface area contributed by atoms with E-state index < -0.39 is 0 Å². The molecule has 162 valence electrons. The molecule has 2 aliphatic carbocycles. The van der Waals surface area contributed by atoms with Gasteiger partial charge in [0.05, 0.1) is 5.92 Å².